The predicted molar refractivity (Wildman–Crippen MR) is 72.0 cm³/mol. The van der Waals surface area contributed by atoms with Crippen molar-refractivity contribution in [2.45, 2.75) is 76.4 Å². The Hall–Kier alpha value is -0.570. The standard InChI is InChI=1S/C15H26N2O/c18-15-13(11-7-3-1-4-8-11)16-14(17-15)12-9-5-2-6-10-12/h11-14,16H,1-10H2,(H,17,18). The van der Waals surface area contributed by atoms with Gasteiger partial charge in [0.05, 0.1) is 12.2 Å². The van der Waals surface area contributed by atoms with Crippen molar-refractivity contribution in [3.63, 3.8) is 0 Å². The Kier molecular flexibility index (Phi) is 3.88. The van der Waals surface area contributed by atoms with E-state index in [9.17, 15) is 4.79 Å². The third kappa shape index (κ3) is 2.56. The topological polar surface area (TPSA) is 41.1 Å². The number of carbonyl (C=O) groups excluding carboxylic acids is 1. The fourth-order valence-corrected chi connectivity index (χ4v) is 4.09. The SMILES string of the molecule is O=C1NC(C2CCCCC2)NC1C1CCCCC1. The lowest BCUT2D eigenvalue weighted by atomic mass is 9.83. The zero-order valence-electron chi connectivity index (χ0n) is 11.3. The van der Waals surface area contributed by atoms with Gasteiger partial charge in [0.15, 0.2) is 0 Å². The highest BCUT2D eigenvalue weighted by atomic mass is 16.2. The quantitative estimate of drug-likeness (QED) is 0.791. The van der Waals surface area contributed by atoms with Gasteiger partial charge in [0.2, 0.25) is 5.91 Å². The van der Waals surface area contributed by atoms with Crippen molar-refractivity contribution in [3.05, 3.63) is 0 Å². The predicted octanol–water partition coefficient (Wildman–Crippen LogP) is 2.56. The molecule has 2 saturated carbocycles. The van der Waals surface area contributed by atoms with Gasteiger partial charge in [-0.2, -0.15) is 0 Å². The van der Waals surface area contributed by atoms with Crippen LogP contribution in [-0.4, -0.2) is 18.1 Å². The lowest BCUT2D eigenvalue weighted by molar-refractivity contribution is -0.122. The maximum atomic E-state index is 12.2. The minimum Gasteiger partial charge on any atom is -0.339 e. The van der Waals surface area contributed by atoms with Crippen molar-refractivity contribution in [2.75, 3.05) is 0 Å². The van der Waals surface area contributed by atoms with Crippen LogP contribution in [0.2, 0.25) is 0 Å². The third-order valence-electron chi connectivity index (χ3n) is 5.18. The van der Waals surface area contributed by atoms with Crippen LogP contribution in [-0.2, 0) is 4.79 Å². The number of carbonyl (C=O) groups is 1. The van der Waals surface area contributed by atoms with Gasteiger partial charge < -0.3 is 5.32 Å². The highest BCUT2D eigenvalue weighted by Gasteiger charge is 2.40. The summed E-state index contributed by atoms with van der Waals surface area (Å²) in [5, 5.41) is 6.84. The summed E-state index contributed by atoms with van der Waals surface area (Å²) >= 11 is 0. The van der Waals surface area contributed by atoms with E-state index in [1.54, 1.807) is 0 Å². The van der Waals surface area contributed by atoms with E-state index in [-0.39, 0.29) is 18.1 Å². The number of hydrogen-bond acceptors (Lipinski definition) is 2. The fourth-order valence-electron chi connectivity index (χ4n) is 4.09. The average molecular weight is 250 g/mol. The number of nitrogens with one attached hydrogen (secondary N) is 2. The Bertz CT molecular complexity index is 293. The molecule has 0 radical (unpaired) electrons. The molecule has 3 aliphatic rings. The van der Waals surface area contributed by atoms with Crippen LogP contribution < -0.4 is 10.6 Å². The average Bonchev–Trinajstić information content (AvgIpc) is 2.83. The monoisotopic (exact) mass is 250 g/mol. The van der Waals surface area contributed by atoms with E-state index in [1.165, 1.54) is 64.2 Å². The zero-order valence-corrected chi connectivity index (χ0v) is 11.3. The Morgan fingerprint density at radius 3 is 1.94 bits per heavy atom. The van der Waals surface area contributed by atoms with Gasteiger partial charge in [-0.05, 0) is 37.5 Å². The summed E-state index contributed by atoms with van der Waals surface area (Å²) in [7, 11) is 0. The molecule has 0 spiro atoms. The molecule has 0 aromatic rings. The molecular formula is C15H26N2O. The Labute approximate surface area is 110 Å². The number of hydrogen-bond donors (Lipinski definition) is 2. The van der Waals surface area contributed by atoms with Gasteiger partial charge in [0, 0.05) is 0 Å². The molecule has 102 valence electrons. The molecule has 0 bridgehead atoms. The second-order valence-corrected chi connectivity index (χ2v) is 6.43. The summed E-state index contributed by atoms with van der Waals surface area (Å²) in [6.45, 7) is 0. The van der Waals surface area contributed by atoms with E-state index in [2.05, 4.69) is 10.6 Å². The van der Waals surface area contributed by atoms with E-state index in [4.69, 9.17) is 0 Å². The summed E-state index contributed by atoms with van der Waals surface area (Å²) in [5.41, 5.74) is 0. The highest BCUT2D eigenvalue weighted by Crippen LogP contribution is 2.31. The van der Waals surface area contributed by atoms with Crippen LogP contribution >= 0.6 is 0 Å². The van der Waals surface area contributed by atoms with Crippen LogP contribution in [0.3, 0.4) is 0 Å². The molecule has 2 N–H and O–H groups in total. The van der Waals surface area contributed by atoms with Gasteiger partial charge in [0.25, 0.3) is 0 Å². The fraction of sp³-hybridized carbons (Fsp3) is 0.933. The van der Waals surface area contributed by atoms with E-state index in [1.807, 2.05) is 0 Å². The Morgan fingerprint density at radius 1 is 0.778 bits per heavy atom. The molecule has 18 heavy (non-hydrogen) atoms. The maximum absolute atomic E-state index is 12.2. The largest absolute Gasteiger partial charge is 0.339 e. The molecule has 1 amide bonds. The molecule has 2 unspecified atom stereocenters. The molecule has 1 saturated heterocycles. The molecule has 3 heteroatoms. The van der Waals surface area contributed by atoms with E-state index >= 15 is 0 Å². The maximum Gasteiger partial charge on any atom is 0.238 e. The summed E-state index contributed by atoms with van der Waals surface area (Å²) < 4.78 is 0. The van der Waals surface area contributed by atoms with Gasteiger partial charge in [-0.15, -0.1) is 0 Å². The normalized spacial score (nSPS) is 35.7. The van der Waals surface area contributed by atoms with Gasteiger partial charge in [-0.25, -0.2) is 0 Å². The van der Waals surface area contributed by atoms with Crippen molar-refractivity contribution in [2.24, 2.45) is 11.8 Å². The summed E-state index contributed by atoms with van der Waals surface area (Å²) in [4.78, 5) is 12.2. The molecular weight excluding hydrogens is 224 g/mol. The number of rotatable bonds is 2. The van der Waals surface area contributed by atoms with Crippen molar-refractivity contribution >= 4 is 5.91 Å². The van der Waals surface area contributed by atoms with Crippen molar-refractivity contribution in [1.29, 1.82) is 0 Å². The van der Waals surface area contributed by atoms with Gasteiger partial charge in [-0.3, -0.25) is 10.1 Å². The van der Waals surface area contributed by atoms with Crippen molar-refractivity contribution in [3.8, 4) is 0 Å². The van der Waals surface area contributed by atoms with Crippen molar-refractivity contribution in [1.82, 2.24) is 10.6 Å². The van der Waals surface area contributed by atoms with Crippen LogP contribution in [0.15, 0.2) is 0 Å². The highest BCUT2D eigenvalue weighted by molar-refractivity contribution is 5.84. The minimum atomic E-state index is 0.109. The van der Waals surface area contributed by atoms with Gasteiger partial charge in [-0.1, -0.05) is 38.5 Å². The number of amides is 1. The molecule has 3 rings (SSSR count). The van der Waals surface area contributed by atoms with Crippen molar-refractivity contribution < 1.29 is 4.79 Å². The first kappa shape index (κ1) is 12.5. The first-order chi connectivity index (χ1) is 8.84. The van der Waals surface area contributed by atoms with Crippen LogP contribution in [0.25, 0.3) is 0 Å². The first-order valence-electron chi connectivity index (χ1n) is 7.91. The summed E-state index contributed by atoms with van der Waals surface area (Å²) in [5.74, 6) is 1.54. The molecule has 3 nitrogen and oxygen atoms in total. The van der Waals surface area contributed by atoms with Crippen LogP contribution in [0.4, 0.5) is 0 Å². The van der Waals surface area contributed by atoms with E-state index in [0.29, 0.717) is 11.8 Å². The molecule has 1 heterocycles. The molecule has 3 fully saturated rings. The van der Waals surface area contributed by atoms with Crippen LogP contribution in [0.1, 0.15) is 64.2 Å². The molecule has 1 aliphatic heterocycles. The minimum absolute atomic E-state index is 0.109. The summed E-state index contributed by atoms with van der Waals surface area (Å²) in [6.07, 6.45) is 13.4. The van der Waals surface area contributed by atoms with Gasteiger partial charge in [0.1, 0.15) is 0 Å². The van der Waals surface area contributed by atoms with Crippen LogP contribution in [0.5, 0.6) is 0 Å². The Morgan fingerprint density at radius 2 is 1.33 bits per heavy atom. The smallest absolute Gasteiger partial charge is 0.238 e. The third-order valence-corrected chi connectivity index (χ3v) is 5.18. The second kappa shape index (κ2) is 5.60. The lowest BCUT2D eigenvalue weighted by Gasteiger charge is -2.29. The van der Waals surface area contributed by atoms with E-state index < -0.39 is 0 Å². The molecule has 0 aromatic carbocycles. The molecule has 0 aromatic heterocycles. The zero-order chi connectivity index (χ0) is 12.4. The second-order valence-electron chi connectivity index (χ2n) is 6.43. The Balaban J connectivity index is 1.58. The van der Waals surface area contributed by atoms with Crippen LogP contribution in [0, 0.1) is 11.8 Å². The first-order valence-corrected chi connectivity index (χ1v) is 7.91. The van der Waals surface area contributed by atoms with Gasteiger partial charge >= 0.3 is 0 Å². The molecule has 2 atom stereocenters. The molecule has 2 aliphatic carbocycles. The summed E-state index contributed by atoms with van der Waals surface area (Å²) in [6, 6.07) is 0.109. The van der Waals surface area contributed by atoms with E-state index in [0.717, 1.165) is 0 Å². The lowest BCUT2D eigenvalue weighted by Crippen LogP contribution is -2.43.